The molecule has 168 valence electrons. The molecule has 7 nitrogen and oxygen atoms in total. The Bertz CT molecular complexity index is 1020. The summed E-state index contributed by atoms with van der Waals surface area (Å²) in [6, 6.07) is 17.8. The summed E-state index contributed by atoms with van der Waals surface area (Å²) >= 11 is 1.41. The lowest BCUT2D eigenvalue weighted by atomic mass is 10.1. The fraction of sp³-hybridized carbons (Fsp3) is 0.375. The van der Waals surface area contributed by atoms with Gasteiger partial charge in [0.05, 0.1) is 19.4 Å². The van der Waals surface area contributed by atoms with Crippen molar-refractivity contribution in [1.29, 1.82) is 0 Å². The molecule has 1 N–H and O–H groups in total. The third-order valence-corrected chi connectivity index (χ3v) is 6.41. The molecule has 1 aromatic heterocycles. The number of nitrogens with zero attached hydrogens (tertiary/aromatic N) is 4. The van der Waals surface area contributed by atoms with Gasteiger partial charge >= 0.3 is 0 Å². The molecule has 1 aliphatic rings. The molecule has 0 bridgehead atoms. The van der Waals surface area contributed by atoms with E-state index in [0.717, 1.165) is 47.6 Å². The van der Waals surface area contributed by atoms with Gasteiger partial charge in [0.1, 0.15) is 5.75 Å². The van der Waals surface area contributed by atoms with Crippen LogP contribution in [0.4, 0.5) is 0 Å². The number of amides is 1. The molecule has 32 heavy (non-hydrogen) atoms. The maximum Gasteiger partial charge on any atom is 0.230 e. The highest BCUT2D eigenvalue weighted by molar-refractivity contribution is 7.99. The number of rotatable bonds is 9. The molecule has 3 aromatic rings. The number of para-hydroxylation sites is 1. The van der Waals surface area contributed by atoms with Crippen LogP contribution in [0.25, 0.3) is 5.69 Å². The van der Waals surface area contributed by atoms with Gasteiger partial charge in [0, 0.05) is 12.2 Å². The minimum atomic E-state index is -0.0435. The normalized spacial score (nSPS) is 14.3. The van der Waals surface area contributed by atoms with E-state index < -0.39 is 0 Å². The zero-order valence-electron chi connectivity index (χ0n) is 18.4. The van der Waals surface area contributed by atoms with E-state index >= 15 is 0 Å². The van der Waals surface area contributed by atoms with E-state index in [-0.39, 0.29) is 11.7 Å². The van der Waals surface area contributed by atoms with E-state index in [0.29, 0.717) is 6.54 Å². The molecule has 4 rings (SSSR count). The first-order valence-corrected chi connectivity index (χ1v) is 12.0. The van der Waals surface area contributed by atoms with E-state index in [1.165, 1.54) is 31.0 Å². The van der Waals surface area contributed by atoms with Crippen molar-refractivity contribution in [2.24, 2.45) is 0 Å². The predicted molar refractivity (Wildman–Crippen MR) is 126 cm³/mol. The molecule has 8 heteroatoms. The first-order chi connectivity index (χ1) is 15.7. The standard InChI is InChI=1S/C24H29N5O2S/c1-31-21-12-8-9-19(15-21)16-25-23(30)18-32-24-27-26-22(17-28-13-6-3-7-14-28)29(24)20-10-4-2-5-11-20/h2,4-5,8-12,15H,3,6-7,13-14,16-18H2,1H3,(H,25,30). The van der Waals surface area contributed by atoms with Gasteiger partial charge in [0.15, 0.2) is 11.0 Å². The highest BCUT2D eigenvalue weighted by Crippen LogP contribution is 2.23. The molecule has 1 amide bonds. The van der Waals surface area contributed by atoms with Crippen LogP contribution in [-0.2, 0) is 17.9 Å². The van der Waals surface area contributed by atoms with E-state index in [9.17, 15) is 4.79 Å². The Balaban J connectivity index is 1.41. The molecule has 0 radical (unpaired) electrons. The molecule has 2 heterocycles. The summed E-state index contributed by atoms with van der Waals surface area (Å²) in [5.41, 5.74) is 2.02. The largest absolute Gasteiger partial charge is 0.497 e. The second-order valence-corrected chi connectivity index (χ2v) is 8.77. The maximum absolute atomic E-state index is 12.5. The summed E-state index contributed by atoms with van der Waals surface area (Å²) in [7, 11) is 1.64. The minimum Gasteiger partial charge on any atom is -0.497 e. The Morgan fingerprint density at radius 1 is 1.06 bits per heavy atom. The number of ether oxygens (including phenoxy) is 1. The van der Waals surface area contributed by atoms with Gasteiger partial charge in [-0.1, -0.05) is 48.5 Å². The van der Waals surface area contributed by atoms with Crippen molar-refractivity contribution in [3.05, 3.63) is 66.0 Å². The van der Waals surface area contributed by atoms with E-state index in [1.807, 2.05) is 42.5 Å². The number of nitrogens with one attached hydrogen (secondary N) is 1. The molecule has 2 aromatic carbocycles. The summed E-state index contributed by atoms with van der Waals surface area (Å²) in [6.07, 6.45) is 3.76. The molecule has 0 unspecified atom stereocenters. The van der Waals surface area contributed by atoms with Crippen molar-refractivity contribution in [1.82, 2.24) is 25.0 Å². The number of hydrogen-bond acceptors (Lipinski definition) is 6. The fourth-order valence-electron chi connectivity index (χ4n) is 3.81. The van der Waals surface area contributed by atoms with Gasteiger partial charge in [0.2, 0.25) is 5.91 Å². The van der Waals surface area contributed by atoms with E-state index in [2.05, 4.69) is 37.1 Å². The summed E-state index contributed by atoms with van der Waals surface area (Å²) in [6.45, 7) is 3.42. The van der Waals surface area contributed by atoms with Crippen LogP contribution in [0.15, 0.2) is 59.8 Å². The quantitative estimate of drug-likeness (QED) is 0.501. The first-order valence-electron chi connectivity index (χ1n) is 11.0. The first kappa shape index (κ1) is 22.4. The van der Waals surface area contributed by atoms with Crippen molar-refractivity contribution >= 4 is 17.7 Å². The van der Waals surface area contributed by atoms with Crippen LogP contribution in [0.5, 0.6) is 5.75 Å². The van der Waals surface area contributed by atoms with Gasteiger partial charge < -0.3 is 10.1 Å². The van der Waals surface area contributed by atoms with E-state index in [1.54, 1.807) is 7.11 Å². The zero-order chi connectivity index (χ0) is 22.2. The van der Waals surface area contributed by atoms with Gasteiger partial charge in [-0.05, 0) is 55.8 Å². The van der Waals surface area contributed by atoms with Crippen LogP contribution >= 0.6 is 11.8 Å². The minimum absolute atomic E-state index is 0.0435. The molecule has 1 aliphatic heterocycles. The Morgan fingerprint density at radius 2 is 1.88 bits per heavy atom. The van der Waals surface area contributed by atoms with Gasteiger partial charge in [-0.15, -0.1) is 10.2 Å². The highest BCUT2D eigenvalue weighted by atomic mass is 32.2. The number of benzene rings is 2. The van der Waals surface area contributed by atoms with Crippen LogP contribution < -0.4 is 10.1 Å². The van der Waals surface area contributed by atoms with Crippen molar-refractivity contribution < 1.29 is 9.53 Å². The number of likely N-dealkylation sites (tertiary alicyclic amines) is 1. The summed E-state index contributed by atoms with van der Waals surface area (Å²) < 4.78 is 7.32. The van der Waals surface area contributed by atoms with Gasteiger partial charge in [-0.2, -0.15) is 0 Å². The van der Waals surface area contributed by atoms with Gasteiger partial charge in [-0.3, -0.25) is 14.3 Å². The molecule has 0 aliphatic carbocycles. The molecule has 0 saturated carbocycles. The number of thioether (sulfide) groups is 1. The average molecular weight is 452 g/mol. The molecule has 1 saturated heterocycles. The molecular weight excluding hydrogens is 422 g/mol. The monoisotopic (exact) mass is 451 g/mol. The van der Waals surface area contributed by atoms with Gasteiger partial charge in [0.25, 0.3) is 0 Å². The lowest BCUT2D eigenvalue weighted by Crippen LogP contribution is -2.30. The number of methoxy groups -OCH3 is 1. The number of carbonyl (C=O) groups is 1. The Morgan fingerprint density at radius 3 is 2.66 bits per heavy atom. The summed E-state index contributed by atoms with van der Waals surface area (Å²) in [5.74, 6) is 1.93. The second kappa shape index (κ2) is 11.2. The molecule has 0 spiro atoms. The van der Waals surface area contributed by atoms with Crippen LogP contribution in [0.3, 0.4) is 0 Å². The van der Waals surface area contributed by atoms with Crippen molar-refractivity contribution in [3.8, 4) is 11.4 Å². The van der Waals surface area contributed by atoms with Crippen molar-refractivity contribution in [2.75, 3.05) is 26.0 Å². The van der Waals surface area contributed by atoms with Crippen LogP contribution in [-0.4, -0.2) is 51.5 Å². The zero-order valence-corrected chi connectivity index (χ0v) is 19.2. The lowest BCUT2D eigenvalue weighted by molar-refractivity contribution is -0.118. The fourth-order valence-corrected chi connectivity index (χ4v) is 4.62. The van der Waals surface area contributed by atoms with Gasteiger partial charge in [-0.25, -0.2) is 0 Å². The third kappa shape index (κ3) is 5.89. The smallest absolute Gasteiger partial charge is 0.230 e. The third-order valence-electron chi connectivity index (χ3n) is 5.48. The number of aromatic nitrogens is 3. The SMILES string of the molecule is COc1cccc(CNC(=O)CSc2nnc(CN3CCCCC3)n2-c2ccccc2)c1. The Hall–Kier alpha value is -2.84. The van der Waals surface area contributed by atoms with Crippen LogP contribution in [0.2, 0.25) is 0 Å². The van der Waals surface area contributed by atoms with Crippen molar-refractivity contribution in [2.45, 2.75) is 37.5 Å². The Labute approximate surface area is 193 Å². The molecule has 1 fully saturated rings. The topological polar surface area (TPSA) is 72.3 Å². The lowest BCUT2D eigenvalue weighted by Gasteiger charge is -2.26. The molecule has 0 atom stereocenters. The average Bonchev–Trinajstić information content (AvgIpc) is 3.25. The predicted octanol–water partition coefficient (Wildman–Crippen LogP) is 3.67. The van der Waals surface area contributed by atoms with Crippen LogP contribution in [0, 0.1) is 0 Å². The van der Waals surface area contributed by atoms with Crippen LogP contribution in [0.1, 0.15) is 30.7 Å². The number of hydrogen-bond donors (Lipinski definition) is 1. The van der Waals surface area contributed by atoms with E-state index in [4.69, 9.17) is 4.74 Å². The summed E-state index contributed by atoms with van der Waals surface area (Å²) in [5, 5.41) is 12.6. The molecular formula is C24H29N5O2S. The van der Waals surface area contributed by atoms with Crippen molar-refractivity contribution in [3.63, 3.8) is 0 Å². The second-order valence-electron chi connectivity index (χ2n) is 7.82. The number of piperidine rings is 1. The highest BCUT2D eigenvalue weighted by Gasteiger charge is 2.19. The maximum atomic E-state index is 12.5. The number of carbonyl (C=O) groups excluding carboxylic acids is 1. The summed E-state index contributed by atoms with van der Waals surface area (Å²) in [4.78, 5) is 14.9. The Kier molecular flexibility index (Phi) is 7.79.